The van der Waals surface area contributed by atoms with Gasteiger partial charge in [-0.1, -0.05) is 23.2 Å². The number of hydrogen-bond acceptors (Lipinski definition) is 2. The molecule has 2 aromatic rings. The quantitative estimate of drug-likeness (QED) is 0.811. The van der Waals surface area contributed by atoms with Crippen LogP contribution in [0, 0.1) is 0 Å². The number of halogens is 2. The average molecular weight is 296 g/mol. The standard InChI is InChI=1S/C14H11Cl2NO2/c1-2-17-13(6-3-9(8-18)14(17)19)11-7-10(15)4-5-12(11)16/h3-8H,2H2,1H3. The minimum Gasteiger partial charge on any atom is -0.308 e. The highest BCUT2D eigenvalue weighted by molar-refractivity contribution is 6.35. The van der Waals surface area contributed by atoms with Crippen LogP contribution in [0.15, 0.2) is 35.1 Å². The first kappa shape index (κ1) is 13.8. The van der Waals surface area contributed by atoms with Gasteiger partial charge in [0, 0.05) is 22.2 Å². The molecule has 0 N–H and O–H groups in total. The molecule has 0 aliphatic rings. The largest absolute Gasteiger partial charge is 0.308 e. The first-order chi connectivity index (χ1) is 9.08. The van der Waals surface area contributed by atoms with E-state index in [9.17, 15) is 9.59 Å². The van der Waals surface area contributed by atoms with Crippen molar-refractivity contribution in [2.24, 2.45) is 0 Å². The van der Waals surface area contributed by atoms with E-state index in [4.69, 9.17) is 23.2 Å². The smallest absolute Gasteiger partial charge is 0.261 e. The molecule has 98 valence electrons. The zero-order chi connectivity index (χ0) is 14.0. The number of aromatic nitrogens is 1. The van der Waals surface area contributed by atoms with Crippen LogP contribution in [0.5, 0.6) is 0 Å². The number of hydrogen-bond donors (Lipinski definition) is 0. The van der Waals surface area contributed by atoms with Gasteiger partial charge in [-0.05, 0) is 37.3 Å². The van der Waals surface area contributed by atoms with Crippen LogP contribution in [-0.2, 0) is 6.54 Å². The van der Waals surface area contributed by atoms with Crippen LogP contribution in [0.4, 0.5) is 0 Å². The van der Waals surface area contributed by atoms with Gasteiger partial charge in [0.2, 0.25) is 0 Å². The third-order valence-corrected chi connectivity index (χ3v) is 3.42. The number of pyridine rings is 1. The van der Waals surface area contributed by atoms with Crippen LogP contribution < -0.4 is 5.56 Å². The molecule has 1 aromatic heterocycles. The first-order valence-electron chi connectivity index (χ1n) is 5.73. The first-order valence-corrected chi connectivity index (χ1v) is 6.48. The second-order valence-corrected chi connectivity index (χ2v) is 4.81. The van der Waals surface area contributed by atoms with Crippen molar-refractivity contribution in [1.82, 2.24) is 4.57 Å². The predicted octanol–water partition coefficient (Wildman–Crippen LogP) is 3.65. The lowest BCUT2D eigenvalue weighted by atomic mass is 10.1. The molecule has 0 atom stereocenters. The number of aldehydes is 1. The van der Waals surface area contributed by atoms with Crippen LogP contribution >= 0.6 is 23.2 Å². The van der Waals surface area contributed by atoms with E-state index in [-0.39, 0.29) is 11.1 Å². The molecule has 19 heavy (non-hydrogen) atoms. The second-order valence-electron chi connectivity index (χ2n) is 3.97. The molecule has 0 radical (unpaired) electrons. The summed E-state index contributed by atoms with van der Waals surface area (Å²) in [6.07, 6.45) is 0.553. The maximum Gasteiger partial charge on any atom is 0.261 e. The molecule has 3 nitrogen and oxygen atoms in total. The Morgan fingerprint density at radius 2 is 1.95 bits per heavy atom. The molecule has 1 heterocycles. The Labute approximate surface area is 120 Å². The highest BCUT2D eigenvalue weighted by Gasteiger charge is 2.12. The molecule has 0 unspecified atom stereocenters. The average Bonchev–Trinajstić information content (AvgIpc) is 2.41. The molecular formula is C14H11Cl2NO2. The highest BCUT2D eigenvalue weighted by atomic mass is 35.5. The van der Waals surface area contributed by atoms with Gasteiger partial charge in [-0.25, -0.2) is 0 Å². The van der Waals surface area contributed by atoms with E-state index in [1.54, 1.807) is 24.3 Å². The zero-order valence-corrected chi connectivity index (χ0v) is 11.7. The Balaban J connectivity index is 2.76. The molecule has 0 bridgehead atoms. The fourth-order valence-corrected chi connectivity index (χ4v) is 2.31. The van der Waals surface area contributed by atoms with E-state index in [2.05, 4.69) is 0 Å². The van der Waals surface area contributed by atoms with Crippen molar-refractivity contribution in [3.63, 3.8) is 0 Å². The van der Waals surface area contributed by atoms with Gasteiger partial charge in [-0.3, -0.25) is 9.59 Å². The Morgan fingerprint density at radius 3 is 2.58 bits per heavy atom. The van der Waals surface area contributed by atoms with Crippen molar-refractivity contribution < 1.29 is 4.79 Å². The van der Waals surface area contributed by atoms with E-state index >= 15 is 0 Å². The fraction of sp³-hybridized carbons (Fsp3) is 0.143. The summed E-state index contributed by atoms with van der Waals surface area (Å²) in [7, 11) is 0. The molecule has 2 rings (SSSR count). The Hall–Kier alpha value is -1.58. The molecule has 0 fully saturated rings. The van der Waals surface area contributed by atoms with Gasteiger partial charge >= 0.3 is 0 Å². The number of carbonyl (C=O) groups is 1. The van der Waals surface area contributed by atoms with Gasteiger partial charge in [0.1, 0.15) is 0 Å². The molecule has 5 heteroatoms. The van der Waals surface area contributed by atoms with Crippen molar-refractivity contribution in [2.45, 2.75) is 13.5 Å². The SMILES string of the molecule is CCn1c(-c2cc(Cl)ccc2Cl)ccc(C=O)c1=O. The van der Waals surface area contributed by atoms with E-state index in [0.717, 1.165) is 0 Å². The van der Waals surface area contributed by atoms with Crippen molar-refractivity contribution >= 4 is 29.5 Å². The molecule has 1 aromatic carbocycles. The summed E-state index contributed by atoms with van der Waals surface area (Å²) >= 11 is 12.1. The number of rotatable bonds is 3. The summed E-state index contributed by atoms with van der Waals surface area (Å²) in [5.41, 5.74) is 1.12. The fourth-order valence-electron chi connectivity index (χ4n) is 1.93. The second kappa shape index (κ2) is 5.59. The lowest BCUT2D eigenvalue weighted by Gasteiger charge is -2.13. The molecule has 0 aliphatic heterocycles. The van der Waals surface area contributed by atoms with Crippen LogP contribution in [0.3, 0.4) is 0 Å². The lowest BCUT2D eigenvalue weighted by molar-refractivity contribution is 0.112. The van der Waals surface area contributed by atoms with E-state index in [0.29, 0.717) is 34.1 Å². The number of carbonyl (C=O) groups excluding carboxylic acids is 1. The van der Waals surface area contributed by atoms with Gasteiger partial charge in [-0.15, -0.1) is 0 Å². The van der Waals surface area contributed by atoms with Gasteiger partial charge < -0.3 is 4.57 Å². The predicted molar refractivity (Wildman–Crippen MR) is 77.2 cm³/mol. The van der Waals surface area contributed by atoms with E-state index in [1.165, 1.54) is 10.6 Å². The molecule has 0 amide bonds. The van der Waals surface area contributed by atoms with Crippen LogP contribution in [0.25, 0.3) is 11.3 Å². The summed E-state index contributed by atoms with van der Waals surface area (Å²) in [5.74, 6) is 0. The summed E-state index contributed by atoms with van der Waals surface area (Å²) in [6, 6.07) is 8.25. The highest BCUT2D eigenvalue weighted by Crippen LogP contribution is 2.29. The third kappa shape index (κ3) is 2.57. The van der Waals surface area contributed by atoms with E-state index in [1.807, 2.05) is 6.92 Å². The number of nitrogens with zero attached hydrogens (tertiary/aromatic N) is 1. The summed E-state index contributed by atoms with van der Waals surface area (Å²) in [4.78, 5) is 22.9. The van der Waals surface area contributed by atoms with Gasteiger partial charge in [-0.2, -0.15) is 0 Å². The van der Waals surface area contributed by atoms with Crippen LogP contribution in [-0.4, -0.2) is 10.9 Å². The minimum absolute atomic E-state index is 0.128. The summed E-state index contributed by atoms with van der Waals surface area (Å²) in [5, 5.41) is 1.04. The van der Waals surface area contributed by atoms with Crippen molar-refractivity contribution in [1.29, 1.82) is 0 Å². The molecule has 0 spiro atoms. The van der Waals surface area contributed by atoms with Crippen LogP contribution in [0.1, 0.15) is 17.3 Å². The number of benzene rings is 1. The topological polar surface area (TPSA) is 39.1 Å². The maximum atomic E-state index is 12.1. The minimum atomic E-state index is -0.328. The van der Waals surface area contributed by atoms with Crippen molar-refractivity contribution in [3.05, 3.63) is 56.3 Å². The molecule has 0 saturated carbocycles. The zero-order valence-electron chi connectivity index (χ0n) is 10.2. The normalized spacial score (nSPS) is 10.5. The summed E-state index contributed by atoms with van der Waals surface area (Å²) < 4.78 is 1.50. The lowest BCUT2D eigenvalue weighted by Crippen LogP contribution is -2.24. The monoisotopic (exact) mass is 295 g/mol. The third-order valence-electron chi connectivity index (χ3n) is 2.85. The van der Waals surface area contributed by atoms with Crippen molar-refractivity contribution in [2.75, 3.05) is 0 Å². The van der Waals surface area contributed by atoms with E-state index < -0.39 is 0 Å². The maximum absolute atomic E-state index is 12.1. The Bertz CT molecular complexity index is 692. The Kier molecular flexibility index (Phi) is 4.08. The van der Waals surface area contributed by atoms with Gasteiger partial charge in [0.15, 0.2) is 6.29 Å². The Morgan fingerprint density at radius 1 is 1.21 bits per heavy atom. The van der Waals surface area contributed by atoms with Crippen LogP contribution in [0.2, 0.25) is 10.0 Å². The molecule has 0 saturated heterocycles. The van der Waals surface area contributed by atoms with Gasteiger partial charge in [0.25, 0.3) is 5.56 Å². The van der Waals surface area contributed by atoms with Crippen molar-refractivity contribution in [3.8, 4) is 11.3 Å². The molecular weight excluding hydrogens is 285 g/mol. The van der Waals surface area contributed by atoms with Gasteiger partial charge in [0.05, 0.1) is 11.3 Å². The molecule has 0 aliphatic carbocycles. The summed E-state index contributed by atoms with van der Waals surface area (Å²) in [6.45, 7) is 2.27.